The van der Waals surface area contributed by atoms with Crippen LogP contribution in [0.3, 0.4) is 0 Å². The Bertz CT molecular complexity index is 653. The fraction of sp³-hybridized carbons (Fsp3) is 0.929. The number of aliphatic hydroxyl groups is 2. The first kappa shape index (κ1) is 22.8. The van der Waals surface area contributed by atoms with Crippen LogP contribution in [0.2, 0.25) is 0 Å². The minimum atomic E-state index is -0.377. The van der Waals surface area contributed by atoms with Crippen LogP contribution in [0.4, 0.5) is 0 Å². The van der Waals surface area contributed by atoms with Crippen molar-refractivity contribution < 1.29 is 10.2 Å². The molecule has 0 bridgehead atoms. The molecule has 0 aliphatic heterocycles. The first-order valence-corrected chi connectivity index (χ1v) is 13.1. The summed E-state index contributed by atoms with van der Waals surface area (Å²) in [4.78, 5) is 0. The molecule has 2 heteroatoms. The smallest absolute Gasteiger partial charge is 0.0658 e. The second-order valence-electron chi connectivity index (χ2n) is 12.7. The molecule has 10 atom stereocenters. The maximum atomic E-state index is 11.1. The molecular weight excluding hydrogens is 368 g/mol. The van der Waals surface area contributed by atoms with Crippen LogP contribution in [0.15, 0.2) is 11.6 Å². The maximum Gasteiger partial charge on any atom is 0.0658 e. The fourth-order valence-corrected chi connectivity index (χ4v) is 8.74. The summed E-state index contributed by atoms with van der Waals surface area (Å²) in [5, 5.41) is 21.3. The number of fused-ring (bicyclic) bond motifs is 5. The van der Waals surface area contributed by atoms with Gasteiger partial charge in [0.15, 0.2) is 0 Å². The average Bonchev–Trinajstić information content (AvgIpc) is 3.04. The molecule has 2 nitrogen and oxygen atoms in total. The summed E-state index contributed by atoms with van der Waals surface area (Å²) in [6, 6.07) is 0. The Balaban J connectivity index is 1.51. The van der Waals surface area contributed by atoms with Crippen LogP contribution in [0.5, 0.6) is 0 Å². The van der Waals surface area contributed by atoms with Gasteiger partial charge in [-0.15, -0.1) is 0 Å². The van der Waals surface area contributed by atoms with Gasteiger partial charge in [0.2, 0.25) is 0 Å². The lowest BCUT2D eigenvalue weighted by atomic mass is 9.46. The molecule has 3 saturated carbocycles. The van der Waals surface area contributed by atoms with E-state index in [4.69, 9.17) is 0 Å². The van der Waals surface area contributed by atoms with Crippen molar-refractivity contribution in [2.45, 2.75) is 112 Å². The largest absolute Gasteiger partial charge is 0.393 e. The van der Waals surface area contributed by atoms with Crippen LogP contribution in [-0.2, 0) is 0 Å². The Hall–Kier alpha value is -0.340. The molecule has 0 aromatic carbocycles. The highest BCUT2D eigenvalue weighted by Gasteiger charge is 2.60. The van der Waals surface area contributed by atoms with E-state index in [2.05, 4.69) is 47.6 Å². The molecule has 0 saturated heterocycles. The third-order valence-electron chi connectivity index (χ3n) is 11.2. The molecule has 4 aliphatic carbocycles. The van der Waals surface area contributed by atoms with Gasteiger partial charge in [0.25, 0.3) is 0 Å². The summed E-state index contributed by atoms with van der Waals surface area (Å²) in [5.41, 5.74) is 1.76. The Kier molecular flexibility index (Phi) is 6.26. The van der Waals surface area contributed by atoms with Crippen LogP contribution < -0.4 is 0 Å². The topological polar surface area (TPSA) is 40.5 Å². The van der Waals surface area contributed by atoms with Gasteiger partial charge in [0.05, 0.1) is 12.2 Å². The third-order valence-corrected chi connectivity index (χ3v) is 11.2. The minimum absolute atomic E-state index is 0.0973. The van der Waals surface area contributed by atoms with Gasteiger partial charge in [-0.3, -0.25) is 0 Å². The predicted octanol–water partition coefficient (Wildman–Crippen LogP) is 6.61. The van der Waals surface area contributed by atoms with E-state index < -0.39 is 0 Å². The van der Waals surface area contributed by atoms with Gasteiger partial charge in [0, 0.05) is 11.8 Å². The minimum Gasteiger partial charge on any atom is -0.393 e. The monoisotopic (exact) mass is 416 g/mol. The maximum absolute atomic E-state index is 11.1. The molecule has 0 radical (unpaired) electrons. The molecule has 0 heterocycles. The number of hydrogen-bond donors (Lipinski definition) is 2. The summed E-state index contributed by atoms with van der Waals surface area (Å²) in [6.07, 6.45) is 12.4. The average molecular weight is 417 g/mol. The summed E-state index contributed by atoms with van der Waals surface area (Å²) in [7, 11) is 0. The Labute approximate surface area is 185 Å². The normalized spacial score (nSPS) is 47.8. The molecular formula is C28H48O2. The van der Waals surface area contributed by atoms with Crippen molar-refractivity contribution >= 4 is 0 Å². The van der Waals surface area contributed by atoms with Crippen LogP contribution in [0.25, 0.3) is 0 Å². The lowest BCUT2D eigenvalue weighted by molar-refractivity contribution is -0.108. The zero-order chi connectivity index (χ0) is 21.8. The quantitative estimate of drug-likeness (QED) is 0.495. The van der Waals surface area contributed by atoms with E-state index in [9.17, 15) is 10.2 Å². The van der Waals surface area contributed by atoms with Gasteiger partial charge in [0.1, 0.15) is 0 Å². The summed E-state index contributed by atoms with van der Waals surface area (Å²) >= 11 is 0. The highest BCUT2D eigenvalue weighted by Crippen LogP contribution is 2.67. The van der Waals surface area contributed by atoms with Crippen LogP contribution in [0.1, 0.15) is 99.3 Å². The molecule has 10 unspecified atom stereocenters. The first-order valence-electron chi connectivity index (χ1n) is 13.1. The van der Waals surface area contributed by atoms with E-state index in [0.717, 1.165) is 41.9 Å². The SMILES string of the molecule is CC(C)C(C)CCC(C)C1CCC2C3CC=C4CC(O)CC(O)C4(C)C3CCC12C. The molecule has 0 spiro atoms. The number of allylic oxidation sites excluding steroid dienone is 1. The number of rotatable bonds is 5. The second-order valence-corrected chi connectivity index (χ2v) is 12.7. The van der Waals surface area contributed by atoms with Crippen molar-refractivity contribution in [3.05, 3.63) is 11.6 Å². The van der Waals surface area contributed by atoms with E-state index in [1.54, 1.807) is 0 Å². The van der Waals surface area contributed by atoms with Gasteiger partial charge < -0.3 is 10.2 Å². The van der Waals surface area contributed by atoms with Crippen molar-refractivity contribution in [3.8, 4) is 0 Å². The zero-order valence-corrected chi connectivity index (χ0v) is 20.5. The summed E-state index contributed by atoms with van der Waals surface area (Å²) in [6.45, 7) is 14.7. The standard InChI is InChI=1S/C28H48O2/c1-17(2)18(3)7-8-19(4)23-11-12-24-22-10-9-20-15-21(29)16-26(30)28(20,6)25(22)13-14-27(23,24)5/h9,17-19,21-26,29-30H,7-8,10-16H2,1-6H3. The van der Waals surface area contributed by atoms with Crippen molar-refractivity contribution in [2.75, 3.05) is 0 Å². The van der Waals surface area contributed by atoms with Crippen molar-refractivity contribution in [1.82, 2.24) is 0 Å². The van der Waals surface area contributed by atoms with Crippen molar-refractivity contribution in [3.63, 3.8) is 0 Å². The molecule has 4 rings (SSSR count). The second kappa shape index (κ2) is 8.22. The lowest BCUT2D eigenvalue weighted by Crippen LogP contribution is -2.55. The van der Waals surface area contributed by atoms with E-state index in [1.165, 1.54) is 50.5 Å². The predicted molar refractivity (Wildman–Crippen MR) is 125 cm³/mol. The number of hydrogen-bond acceptors (Lipinski definition) is 2. The Morgan fingerprint density at radius 1 is 1.00 bits per heavy atom. The van der Waals surface area contributed by atoms with Gasteiger partial charge in [-0.05, 0) is 85.4 Å². The zero-order valence-electron chi connectivity index (χ0n) is 20.5. The molecule has 0 aromatic heterocycles. The third kappa shape index (κ3) is 3.53. The summed E-state index contributed by atoms with van der Waals surface area (Å²) < 4.78 is 0. The van der Waals surface area contributed by atoms with Crippen LogP contribution >= 0.6 is 0 Å². The van der Waals surface area contributed by atoms with Crippen LogP contribution in [-0.4, -0.2) is 22.4 Å². The van der Waals surface area contributed by atoms with E-state index >= 15 is 0 Å². The first-order chi connectivity index (χ1) is 14.1. The van der Waals surface area contributed by atoms with E-state index in [-0.39, 0.29) is 17.6 Å². The van der Waals surface area contributed by atoms with Crippen LogP contribution in [0, 0.1) is 52.3 Å². The van der Waals surface area contributed by atoms with Gasteiger partial charge in [-0.25, -0.2) is 0 Å². The molecule has 0 amide bonds. The molecule has 0 aromatic rings. The fourth-order valence-electron chi connectivity index (χ4n) is 8.74. The Morgan fingerprint density at radius 2 is 1.73 bits per heavy atom. The molecule has 30 heavy (non-hydrogen) atoms. The summed E-state index contributed by atoms with van der Waals surface area (Å²) in [5.74, 6) is 5.49. The molecule has 2 N–H and O–H groups in total. The van der Waals surface area contributed by atoms with Crippen molar-refractivity contribution in [2.24, 2.45) is 52.3 Å². The molecule has 172 valence electrons. The highest BCUT2D eigenvalue weighted by atomic mass is 16.3. The van der Waals surface area contributed by atoms with E-state index in [1.807, 2.05) is 0 Å². The molecule has 3 fully saturated rings. The highest BCUT2D eigenvalue weighted by molar-refractivity contribution is 5.27. The van der Waals surface area contributed by atoms with Crippen molar-refractivity contribution in [1.29, 1.82) is 0 Å². The van der Waals surface area contributed by atoms with E-state index in [0.29, 0.717) is 17.8 Å². The van der Waals surface area contributed by atoms with Gasteiger partial charge in [-0.1, -0.05) is 66.0 Å². The lowest BCUT2D eigenvalue weighted by Gasteiger charge is -2.59. The van der Waals surface area contributed by atoms with Gasteiger partial charge >= 0.3 is 0 Å². The molecule has 4 aliphatic rings. The Morgan fingerprint density at radius 3 is 2.43 bits per heavy atom. The van der Waals surface area contributed by atoms with Gasteiger partial charge in [-0.2, -0.15) is 0 Å². The number of aliphatic hydroxyl groups excluding tert-OH is 2.